The summed E-state index contributed by atoms with van der Waals surface area (Å²) in [6.45, 7) is 0.531. The van der Waals surface area contributed by atoms with Crippen molar-refractivity contribution in [1.29, 1.82) is 0 Å². The SMILES string of the molecule is COc1cc(-c2ccc(F)cc2F)cc2c(NCCCCC(N)=O)nc(-c3cccnc3)nc12. The van der Waals surface area contributed by atoms with E-state index in [9.17, 15) is 13.6 Å². The molecule has 0 aliphatic rings. The van der Waals surface area contributed by atoms with Gasteiger partial charge in [0.2, 0.25) is 5.91 Å². The molecule has 0 unspecified atom stereocenters. The first kappa shape index (κ1) is 23.0. The molecule has 7 nitrogen and oxygen atoms in total. The number of carbonyl (C=O) groups excluding carboxylic acids is 1. The number of halogens is 2. The summed E-state index contributed by atoms with van der Waals surface area (Å²) in [6, 6.07) is 10.5. The second-order valence-corrected chi connectivity index (χ2v) is 7.69. The molecule has 0 saturated carbocycles. The summed E-state index contributed by atoms with van der Waals surface area (Å²) in [6.07, 6.45) is 4.95. The Hall–Kier alpha value is -4.14. The average Bonchev–Trinajstić information content (AvgIpc) is 2.83. The van der Waals surface area contributed by atoms with Crippen LogP contribution in [0.2, 0.25) is 0 Å². The lowest BCUT2D eigenvalue weighted by atomic mass is 10.0. The van der Waals surface area contributed by atoms with Crippen molar-refractivity contribution in [3.63, 3.8) is 0 Å². The summed E-state index contributed by atoms with van der Waals surface area (Å²) in [5, 5.41) is 3.90. The molecule has 0 aliphatic carbocycles. The summed E-state index contributed by atoms with van der Waals surface area (Å²) in [7, 11) is 1.50. The zero-order valence-corrected chi connectivity index (χ0v) is 18.5. The van der Waals surface area contributed by atoms with Crippen molar-refractivity contribution in [1.82, 2.24) is 15.0 Å². The second-order valence-electron chi connectivity index (χ2n) is 7.69. The third-order valence-corrected chi connectivity index (χ3v) is 5.29. The number of anilines is 1. The van der Waals surface area contributed by atoms with Gasteiger partial charge in [0.25, 0.3) is 0 Å². The molecule has 9 heteroatoms. The Morgan fingerprint density at radius 2 is 1.94 bits per heavy atom. The Labute approximate surface area is 195 Å². The van der Waals surface area contributed by atoms with Gasteiger partial charge in [0.1, 0.15) is 28.7 Å². The van der Waals surface area contributed by atoms with Crippen LogP contribution in [-0.4, -0.2) is 34.5 Å². The van der Waals surface area contributed by atoms with Gasteiger partial charge in [-0.25, -0.2) is 18.7 Å². The molecule has 2 heterocycles. The summed E-state index contributed by atoms with van der Waals surface area (Å²) < 4.78 is 33.6. The predicted octanol–water partition coefficient (Wildman–Crippen LogP) is 4.71. The lowest BCUT2D eigenvalue weighted by Crippen LogP contribution is -2.11. The van der Waals surface area contributed by atoms with Gasteiger partial charge in [0, 0.05) is 47.9 Å². The number of fused-ring (bicyclic) bond motifs is 1. The van der Waals surface area contributed by atoms with Gasteiger partial charge < -0.3 is 15.8 Å². The van der Waals surface area contributed by atoms with Crippen LogP contribution >= 0.6 is 0 Å². The largest absolute Gasteiger partial charge is 0.494 e. The molecule has 174 valence electrons. The van der Waals surface area contributed by atoms with E-state index in [0.717, 1.165) is 11.6 Å². The first-order valence-electron chi connectivity index (χ1n) is 10.7. The van der Waals surface area contributed by atoms with Gasteiger partial charge in [0.15, 0.2) is 5.82 Å². The van der Waals surface area contributed by atoms with E-state index in [4.69, 9.17) is 10.5 Å². The maximum absolute atomic E-state index is 14.5. The highest BCUT2D eigenvalue weighted by Crippen LogP contribution is 2.36. The van der Waals surface area contributed by atoms with Crippen molar-refractivity contribution in [2.75, 3.05) is 19.0 Å². The number of ether oxygens (including phenoxy) is 1. The van der Waals surface area contributed by atoms with E-state index in [2.05, 4.69) is 20.3 Å². The molecular formula is C25H23F2N5O2. The normalized spacial score (nSPS) is 10.9. The Kier molecular flexibility index (Phi) is 6.91. The number of amides is 1. The number of benzene rings is 2. The first-order chi connectivity index (χ1) is 16.5. The predicted molar refractivity (Wildman–Crippen MR) is 126 cm³/mol. The third-order valence-electron chi connectivity index (χ3n) is 5.29. The zero-order valence-electron chi connectivity index (χ0n) is 18.5. The Bertz CT molecular complexity index is 1330. The fourth-order valence-electron chi connectivity index (χ4n) is 3.63. The van der Waals surface area contributed by atoms with Crippen LogP contribution in [0, 0.1) is 11.6 Å². The fraction of sp³-hybridized carbons (Fsp3) is 0.200. The van der Waals surface area contributed by atoms with Crippen LogP contribution in [0.1, 0.15) is 19.3 Å². The van der Waals surface area contributed by atoms with Crippen LogP contribution in [0.25, 0.3) is 33.4 Å². The highest BCUT2D eigenvalue weighted by molar-refractivity contribution is 5.98. The fourth-order valence-corrected chi connectivity index (χ4v) is 3.63. The lowest BCUT2D eigenvalue weighted by molar-refractivity contribution is -0.118. The summed E-state index contributed by atoms with van der Waals surface area (Å²) in [4.78, 5) is 24.5. The number of nitrogens with two attached hydrogens (primary N) is 1. The van der Waals surface area contributed by atoms with Gasteiger partial charge in [0.05, 0.1) is 7.11 Å². The van der Waals surface area contributed by atoms with Crippen molar-refractivity contribution < 1.29 is 18.3 Å². The van der Waals surface area contributed by atoms with Gasteiger partial charge in [-0.15, -0.1) is 0 Å². The molecule has 0 saturated heterocycles. The minimum Gasteiger partial charge on any atom is -0.494 e. The van der Waals surface area contributed by atoms with Crippen molar-refractivity contribution >= 4 is 22.6 Å². The molecule has 0 spiro atoms. The van der Waals surface area contributed by atoms with Gasteiger partial charge in [-0.3, -0.25) is 9.78 Å². The molecule has 0 aliphatic heterocycles. The number of hydrogen-bond donors (Lipinski definition) is 2. The van der Waals surface area contributed by atoms with E-state index in [-0.39, 0.29) is 11.5 Å². The van der Waals surface area contributed by atoms with Gasteiger partial charge in [-0.1, -0.05) is 0 Å². The van der Waals surface area contributed by atoms with E-state index in [1.54, 1.807) is 30.6 Å². The molecule has 34 heavy (non-hydrogen) atoms. The van der Waals surface area contributed by atoms with Crippen molar-refractivity contribution in [2.24, 2.45) is 5.73 Å². The number of hydrogen-bond acceptors (Lipinski definition) is 6. The molecule has 1 amide bonds. The lowest BCUT2D eigenvalue weighted by Gasteiger charge is -2.15. The molecule has 4 aromatic rings. The number of unbranched alkanes of at least 4 members (excludes halogenated alkanes) is 1. The smallest absolute Gasteiger partial charge is 0.217 e. The Balaban J connectivity index is 1.82. The topological polar surface area (TPSA) is 103 Å². The van der Waals surface area contributed by atoms with Gasteiger partial charge in [-0.05, 0) is 54.8 Å². The number of methoxy groups -OCH3 is 1. The number of carbonyl (C=O) groups is 1. The van der Waals surface area contributed by atoms with Crippen LogP contribution in [0.5, 0.6) is 5.75 Å². The number of primary amides is 1. The highest BCUT2D eigenvalue weighted by Gasteiger charge is 2.17. The molecule has 3 N–H and O–H groups in total. The van der Waals surface area contributed by atoms with E-state index < -0.39 is 11.6 Å². The standard InChI is InChI=1S/C25H23F2N5O2/c1-34-21-12-16(18-8-7-17(26)13-20(18)27)11-19-23(21)31-24(15-5-4-9-29-14-15)32-25(19)30-10-3-2-6-22(28)33/h4-5,7-9,11-14H,2-3,6,10H2,1H3,(H2,28,33)(H,30,31,32). The van der Waals surface area contributed by atoms with Crippen LogP contribution in [0.4, 0.5) is 14.6 Å². The molecule has 0 bridgehead atoms. The molecular weight excluding hydrogens is 440 g/mol. The Morgan fingerprint density at radius 1 is 1.09 bits per heavy atom. The molecule has 4 rings (SSSR count). The van der Waals surface area contributed by atoms with Gasteiger partial charge >= 0.3 is 0 Å². The summed E-state index contributed by atoms with van der Waals surface area (Å²) >= 11 is 0. The molecule has 2 aromatic carbocycles. The van der Waals surface area contributed by atoms with Crippen LogP contribution in [0.15, 0.2) is 54.9 Å². The van der Waals surface area contributed by atoms with Crippen molar-refractivity contribution in [2.45, 2.75) is 19.3 Å². The van der Waals surface area contributed by atoms with Gasteiger partial charge in [-0.2, -0.15) is 0 Å². The minimum absolute atomic E-state index is 0.227. The average molecular weight is 463 g/mol. The summed E-state index contributed by atoms with van der Waals surface area (Å²) in [5.41, 5.74) is 7.19. The molecule has 0 radical (unpaired) electrons. The van der Waals surface area contributed by atoms with E-state index in [1.807, 2.05) is 6.07 Å². The van der Waals surface area contributed by atoms with Crippen LogP contribution in [-0.2, 0) is 4.79 Å². The van der Waals surface area contributed by atoms with Crippen LogP contribution < -0.4 is 15.8 Å². The number of pyridine rings is 1. The molecule has 2 aromatic heterocycles. The number of aromatic nitrogens is 3. The Morgan fingerprint density at radius 3 is 2.65 bits per heavy atom. The van der Waals surface area contributed by atoms with Crippen molar-refractivity contribution in [3.8, 4) is 28.3 Å². The number of rotatable bonds is 9. The first-order valence-corrected chi connectivity index (χ1v) is 10.7. The number of nitrogens with zero attached hydrogens (tertiary/aromatic N) is 3. The maximum Gasteiger partial charge on any atom is 0.217 e. The zero-order chi connectivity index (χ0) is 24.1. The second kappa shape index (κ2) is 10.2. The third kappa shape index (κ3) is 5.09. The molecule has 0 fully saturated rings. The molecule has 0 atom stereocenters. The van der Waals surface area contributed by atoms with E-state index in [0.29, 0.717) is 59.7 Å². The van der Waals surface area contributed by atoms with E-state index >= 15 is 0 Å². The van der Waals surface area contributed by atoms with E-state index in [1.165, 1.54) is 19.2 Å². The van der Waals surface area contributed by atoms with Crippen molar-refractivity contribution in [3.05, 3.63) is 66.5 Å². The number of nitrogens with one attached hydrogen (secondary N) is 1. The summed E-state index contributed by atoms with van der Waals surface area (Å²) in [5.74, 6) is -0.306. The quantitative estimate of drug-likeness (QED) is 0.349. The highest BCUT2D eigenvalue weighted by atomic mass is 19.1. The monoisotopic (exact) mass is 463 g/mol. The maximum atomic E-state index is 14.5. The minimum atomic E-state index is -0.685. The van der Waals surface area contributed by atoms with Crippen LogP contribution in [0.3, 0.4) is 0 Å².